The van der Waals surface area contributed by atoms with Crippen molar-refractivity contribution in [2.24, 2.45) is 5.41 Å². The lowest BCUT2D eigenvalue weighted by molar-refractivity contribution is -0.122. The zero-order valence-electron chi connectivity index (χ0n) is 10.7. The molecule has 0 spiro atoms. The van der Waals surface area contributed by atoms with Crippen molar-refractivity contribution < 1.29 is 4.79 Å². The summed E-state index contributed by atoms with van der Waals surface area (Å²) in [4.78, 5) is 11.9. The van der Waals surface area contributed by atoms with Crippen molar-refractivity contribution in [3.05, 3.63) is 30.6 Å². The molecule has 2 N–H and O–H groups in total. The Hall–Kier alpha value is -1.33. The topological polar surface area (TPSA) is 59.0 Å². The van der Waals surface area contributed by atoms with Crippen LogP contribution in [0.1, 0.15) is 12.8 Å². The first-order chi connectivity index (χ1) is 8.77. The zero-order valence-corrected chi connectivity index (χ0v) is 11.5. The molecule has 1 aliphatic heterocycles. The molecule has 0 bridgehead atoms. The second-order valence-electron chi connectivity index (χ2n) is 5.24. The minimum absolute atomic E-state index is 0. The van der Waals surface area contributed by atoms with Crippen LogP contribution in [0.2, 0.25) is 0 Å². The molecule has 0 aromatic carbocycles. The summed E-state index contributed by atoms with van der Waals surface area (Å²) in [5.41, 5.74) is 0.226. The van der Waals surface area contributed by atoms with Crippen molar-refractivity contribution in [2.45, 2.75) is 25.4 Å². The lowest BCUT2D eigenvalue weighted by Crippen LogP contribution is -2.43. The first kappa shape index (κ1) is 14.1. The first-order valence-corrected chi connectivity index (χ1v) is 6.43. The van der Waals surface area contributed by atoms with Crippen LogP contribution >= 0.6 is 12.4 Å². The largest absolute Gasteiger partial charge is 0.354 e. The average molecular weight is 283 g/mol. The standard InChI is InChI=1S/C13H18N4O.ClH/c18-12(11-3-1-6-14-11)15-9-13(4-5-13)10-17-8-2-7-16-17;/h1-3,7-8,11,14H,4-6,9-10H2,(H,15,18);1H. The van der Waals surface area contributed by atoms with E-state index in [2.05, 4.69) is 15.7 Å². The normalized spacial score (nSPS) is 22.8. The summed E-state index contributed by atoms with van der Waals surface area (Å²) < 4.78 is 1.95. The van der Waals surface area contributed by atoms with E-state index in [1.165, 1.54) is 12.8 Å². The number of hydrogen-bond donors (Lipinski definition) is 2. The predicted octanol–water partition coefficient (Wildman–Crippen LogP) is 0.729. The maximum atomic E-state index is 11.9. The number of hydrogen-bond acceptors (Lipinski definition) is 3. The van der Waals surface area contributed by atoms with Crippen LogP contribution in [-0.2, 0) is 11.3 Å². The highest BCUT2D eigenvalue weighted by Crippen LogP contribution is 2.46. The van der Waals surface area contributed by atoms with Gasteiger partial charge in [-0.2, -0.15) is 5.10 Å². The number of carbonyl (C=O) groups is 1. The number of nitrogens with one attached hydrogen (secondary N) is 2. The molecule has 1 unspecified atom stereocenters. The van der Waals surface area contributed by atoms with Crippen molar-refractivity contribution in [2.75, 3.05) is 13.1 Å². The first-order valence-electron chi connectivity index (χ1n) is 6.43. The molecule has 6 heteroatoms. The van der Waals surface area contributed by atoms with Gasteiger partial charge in [-0.3, -0.25) is 14.8 Å². The van der Waals surface area contributed by atoms with Crippen LogP contribution in [0.3, 0.4) is 0 Å². The Kier molecular flexibility index (Phi) is 4.27. The van der Waals surface area contributed by atoms with Crippen molar-refractivity contribution >= 4 is 18.3 Å². The smallest absolute Gasteiger partial charge is 0.241 e. The third-order valence-corrected chi connectivity index (χ3v) is 3.72. The molecule has 1 saturated carbocycles. The predicted molar refractivity (Wildman–Crippen MR) is 75.1 cm³/mol. The molecule has 1 fully saturated rings. The fourth-order valence-corrected chi connectivity index (χ4v) is 2.34. The monoisotopic (exact) mass is 282 g/mol. The number of nitrogens with zero attached hydrogens (tertiary/aromatic N) is 2. The molecule has 1 aliphatic carbocycles. The van der Waals surface area contributed by atoms with E-state index >= 15 is 0 Å². The van der Waals surface area contributed by atoms with Gasteiger partial charge in [-0.1, -0.05) is 12.2 Å². The average Bonchev–Trinajstić information content (AvgIpc) is 2.84. The maximum absolute atomic E-state index is 11.9. The van der Waals surface area contributed by atoms with Gasteiger partial charge in [0, 0.05) is 37.4 Å². The molecule has 0 saturated heterocycles. The van der Waals surface area contributed by atoms with Crippen LogP contribution in [0, 0.1) is 5.41 Å². The zero-order chi connectivity index (χ0) is 12.4. The summed E-state index contributed by atoms with van der Waals surface area (Å²) in [6.07, 6.45) is 10.0. The number of rotatable bonds is 5. The summed E-state index contributed by atoms with van der Waals surface area (Å²) in [7, 11) is 0. The van der Waals surface area contributed by atoms with Gasteiger partial charge in [0.15, 0.2) is 0 Å². The Balaban J connectivity index is 0.00000133. The molecule has 5 nitrogen and oxygen atoms in total. The van der Waals surface area contributed by atoms with Gasteiger partial charge in [0.1, 0.15) is 6.04 Å². The van der Waals surface area contributed by atoms with E-state index in [-0.39, 0.29) is 29.8 Å². The van der Waals surface area contributed by atoms with Crippen molar-refractivity contribution in [1.29, 1.82) is 0 Å². The molecule has 104 valence electrons. The Morgan fingerprint density at radius 3 is 2.95 bits per heavy atom. The summed E-state index contributed by atoms with van der Waals surface area (Å²) in [5.74, 6) is 0.0792. The van der Waals surface area contributed by atoms with Crippen molar-refractivity contribution in [3.63, 3.8) is 0 Å². The Labute approximate surface area is 118 Å². The van der Waals surface area contributed by atoms with Gasteiger partial charge in [-0.15, -0.1) is 12.4 Å². The van der Waals surface area contributed by atoms with E-state index < -0.39 is 0 Å². The molecule has 1 atom stereocenters. The van der Waals surface area contributed by atoms with Gasteiger partial charge in [0.25, 0.3) is 0 Å². The number of carbonyl (C=O) groups excluding carboxylic acids is 1. The van der Waals surface area contributed by atoms with Crippen LogP contribution in [0.15, 0.2) is 30.6 Å². The highest BCUT2D eigenvalue weighted by Gasteiger charge is 2.43. The summed E-state index contributed by atoms with van der Waals surface area (Å²) in [6.45, 7) is 2.43. The van der Waals surface area contributed by atoms with Crippen LogP contribution in [-0.4, -0.2) is 34.8 Å². The highest BCUT2D eigenvalue weighted by atomic mass is 35.5. The number of halogens is 1. The molecule has 1 amide bonds. The van der Waals surface area contributed by atoms with Crippen molar-refractivity contribution in [3.8, 4) is 0 Å². The van der Waals surface area contributed by atoms with Crippen LogP contribution in [0.4, 0.5) is 0 Å². The molecular weight excluding hydrogens is 264 g/mol. The second kappa shape index (κ2) is 5.75. The molecule has 2 heterocycles. The minimum Gasteiger partial charge on any atom is -0.354 e. The molecule has 3 rings (SSSR count). The third kappa shape index (κ3) is 3.36. The van der Waals surface area contributed by atoms with Crippen LogP contribution < -0.4 is 10.6 Å². The van der Waals surface area contributed by atoms with Gasteiger partial charge in [-0.05, 0) is 18.9 Å². The fraction of sp³-hybridized carbons (Fsp3) is 0.538. The highest BCUT2D eigenvalue weighted by molar-refractivity contribution is 5.85. The van der Waals surface area contributed by atoms with Gasteiger partial charge < -0.3 is 5.32 Å². The Morgan fingerprint density at radius 2 is 2.37 bits per heavy atom. The fourth-order valence-electron chi connectivity index (χ4n) is 2.34. The lowest BCUT2D eigenvalue weighted by atomic mass is 10.1. The summed E-state index contributed by atoms with van der Waals surface area (Å²) in [6, 6.07) is 1.78. The molecule has 19 heavy (non-hydrogen) atoms. The second-order valence-corrected chi connectivity index (χ2v) is 5.24. The van der Waals surface area contributed by atoms with E-state index in [1.54, 1.807) is 6.20 Å². The van der Waals surface area contributed by atoms with Gasteiger partial charge in [0.05, 0.1) is 0 Å². The third-order valence-electron chi connectivity index (χ3n) is 3.72. The summed E-state index contributed by atoms with van der Waals surface area (Å²) >= 11 is 0. The van der Waals surface area contributed by atoms with Gasteiger partial charge in [0.2, 0.25) is 5.91 Å². The SMILES string of the molecule is Cl.O=C(NCC1(Cn2cccn2)CC1)C1C=CCN1. The Morgan fingerprint density at radius 1 is 1.53 bits per heavy atom. The number of aromatic nitrogens is 2. The molecule has 1 aromatic heterocycles. The van der Waals surface area contributed by atoms with Gasteiger partial charge >= 0.3 is 0 Å². The van der Waals surface area contributed by atoms with E-state index in [1.807, 2.05) is 29.1 Å². The molecule has 0 radical (unpaired) electrons. The maximum Gasteiger partial charge on any atom is 0.241 e. The summed E-state index contributed by atoms with van der Waals surface area (Å²) in [5, 5.41) is 10.4. The quantitative estimate of drug-likeness (QED) is 0.783. The van der Waals surface area contributed by atoms with Crippen molar-refractivity contribution in [1.82, 2.24) is 20.4 Å². The van der Waals surface area contributed by atoms with Crippen LogP contribution in [0.5, 0.6) is 0 Å². The van der Waals surface area contributed by atoms with E-state index in [0.717, 1.165) is 19.6 Å². The molecule has 2 aliphatic rings. The van der Waals surface area contributed by atoms with E-state index in [9.17, 15) is 4.79 Å². The van der Waals surface area contributed by atoms with E-state index in [4.69, 9.17) is 0 Å². The molecular formula is C13H19ClN4O. The van der Waals surface area contributed by atoms with E-state index in [0.29, 0.717) is 0 Å². The van der Waals surface area contributed by atoms with Gasteiger partial charge in [-0.25, -0.2) is 0 Å². The Bertz CT molecular complexity index is 453. The minimum atomic E-state index is -0.148. The van der Waals surface area contributed by atoms with Crippen LogP contribution in [0.25, 0.3) is 0 Å². The number of amides is 1. The lowest BCUT2D eigenvalue weighted by Gasteiger charge is -2.17. The molecule has 1 aromatic rings.